The number of para-hydroxylation sites is 1. The third kappa shape index (κ3) is 5.72. The van der Waals surface area contributed by atoms with E-state index in [1.165, 1.54) is 23.1 Å². The predicted octanol–water partition coefficient (Wildman–Crippen LogP) is 5.07. The molecular formula is C25H26N4O3S2. The molecule has 4 rings (SSSR count). The number of nitrogens with zero attached hydrogens (tertiary/aromatic N) is 3. The topological polar surface area (TPSA) is 86.1 Å². The molecule has 2 aromatic heterocycles. The molecule has 9 heteroatoms. The van der Waals surface area contributed by atoms with E-state index in [4.69, 9.17) is 9.72 Å². The van der Waals surface area contributed by atoms with Crippen molar-refractivity contribution in [3.63, 3.8) is 0 Å². The first kappa shape index (κ1) is 24.1. The Morgan fingerprint density at radius 1 is 1.15 bits per heavy atom. The monoisotopic (exact) mass is 494 g/mol. The van der Waals surface area contributed by atoms with Crippen LogP contribution in [-0.4, -0.2) is 38.9 Å². The highest BCUT2D eigenvalue weighted by atomic mass is 32.2. The Morgan fingerprint density at radius 3 is 2.71 bits per heavy atom. The molecule has 1 atom stereocenters. The number of ether oxygens (including phenoxy) is 1. The van der Waals surface area contributed by atoms with Crippen LogP contribution in [0.5, 0.6) is 0 Å². The number of benzene rings is 2. The fourth-order valence-electron chi connectivity index (χ4n) is 3.40. The fourth-order valence-corrected chi connectivity index (χ4v) is 5.05. The second-order valence-electron chi connectivity index (χ2n) is 7.57. The van der Waals surface area contributed by atoms with E-state index in [9.17, 15) is 9.59 Å². The molecule has 34 heavy (non-hydrogen) atoms. The number of hydrogen-bond acceptors (Lipinski definition) is 7. The van der Waals surface area contributed by atoms with Crippen molar-refractivity contribution in [3.8, 4) is 11.3 Å². The SMILES string of the molecule is CCOCCCn1c(SC(C)C(=O)Nc2nc(-c3ccccc3)cs2)nc2ccccc2c1=O. The standard InChI is InChI=1S/C25H26N4O3S2/c1-3-32-15-9-14-29-23(31)19-12-7-8-13-20(19)27-25(29)34-17(2)22(30)28-24-26-21(16-33-24)18-10-5-4-6-11-18/h4-8,10-13,16-17H,3,9,14-15H2,1-2H3,(H,26,28,30). The van der Waals surface area contributed by atoms with Crippen LogP contribution in [0.3, 0.4) is 0 Å². The van der Waals surface area contributed by atoms with Gasteiger partial charge in [0.15, 0.2) is 10.3 Å². The summed E-state index contributed by atoms with van der Waals surface area (Å²) in [6.45, 7) is 5.41. The number of fused-ring (bicyclic) bond motifs is 1. The molecule has 1 amide bonds. The Hall–Kier alpha value is -3.01. The maximum atomic E-state index is 13.2. The number of hydrogen-bond donors (Lipinski definition) is 1. The number of rotatable bonds is 10. The molecule has 1 N–H and O–H groups in total. The van der Waals surface area contributed by atoms with E-state index < -0.39 is 5.25 Å². The highest BCUT2D eigenvalue weighted by molar-refractivity contribution is 8.00. The van der Waals surface area contributed by atoms with E-state index in [2.05, 4.69) is 10.3 Å². The molecule has 0 aliphatic carbocycles. The van der Waals surface area contributed by atoms with Gasteiger partial charge in [-0.15, -0.1) is 11.3 Å². The van der Waals surface area contributed by atoms with Gasteiger partial charge in [0.1, 0.15) is 0 Å². The van der Waals surface area contributed by atoms with Gasteiger partial charge < -0.3 is 10.1 Å². The molecule has 2 heterocycles. The van der Waals surface area contributed by atoms with Gasteiger partial charge in [-0.25, -0.2) is 9.97 Å². The minimum atomic E-state index is -0.477. The Kier molecular flexibility index (Phi) is 8.10. The number of carbonyl (C=O) groups is 1. The summed E-state index contributed by atoms with van der Waals surface area (Å²) in [5, 5.41) is 5.96. The molecule has 0 saturated carbocycles. The normalized spacial score (nSPS) is 12.1. The number of anilines is 1. The van der Waals surface area contributed by atoms with Crippen molar-refractivity contribution in [3.05, 3.63) is 70.3 Å². The van der Waals surface area contributed by atoms with Gasteiger partial charge in [-0.2, -0.15) is 0 Å². The maximum Gasteiger partial charge on any atom is 0.262 e. The third-order valence-corrected chi connectivity index (χ3v) is 7.00. The van der Waals surface area contributed by atoms with Crippen molar-refractivity contribution in [1.82, 2.24) is 14.5 Å². The van der Waals surface area contributed by atoms with E-state index in [0.29, 0.717) is 47.4 Å². The van der Waals surface area contributed by atoms with Crippen LogP contribution in [0, 0.1) is 0 Å². The van der Waals surface area contributed by atoms with Gasteiger partial charge in [-0.1, -0.05) is 54.2 Å². The highest BCUT2D eigenvalue weighted by Crippen LogP contribution is 2.27. The van der Waals surface area contributed by atoms with Crippen LogP contribution in [0.2, 0.25) is 0 Å². The molecule has 4 aromatic rings. The van der Waals surface area contributed by atoms with Gasteiger partial charge in [0.25, 0.3) is 5.56 Å². The smallest absolute Gasteiger partial charge is 0.262 e. The molecule has 176 valence electrons. The van der Waals surface area contributed by atoms with Crippen LogP contribution >= 0.6 is 23.1 Å². The van der Waals surface area contributed by atoms with Crippen LogP contribution in [0.15, 0.2) is 69.9 Å². The Morgan fingerprint density at radius 2 is 1.91 bits per heavy atom. The van der Waals surface area contributed by atoms with Gasteiger partial charge in [0, 0.05) is 30.7 Å². The average Bonchev–Trinajstić information content (AvgIpc) is 3.32. The summed E-state index contributed by atoms with van der Waals surface area (Å²) in [6.07, 6.45) is 0.684. The van der Waals surface area contributed by atoms with Crippen molar-refractivity contribution >= 4 is 45.0 Å². The van der Waals surface area contributed by atoms with Gasteiger partial charge >= 0.3 is 0 Å². The summed E-state index contributed by atoms with van der Waals surface area (Å²) in [5.41, 5.74) is 2.33. The van der Waals surface area contributed by atoms with Crippen LogP contribution in [0.25, 0.3) is 22.2 Å². The van der Waals surface area contributed by atoms with E-state index in [1.54, 1.807) is 17.6 Å². The van der Waals surface area contributed by atoms with Crippen molar-refractivity contribution in [2.24, 2.45) is 0 Å². The first-order chi connectivity index (χ1) is 16.6. The minimum absolute atomic E-state index is 0.107. The largest absolute Gasteiger partial charge is 0.382 e. The quantitative estimate of drug-likeness (QED) is 0.188. The molecule has 2 aromatic carbocycles. The van der Waals surface area contributed by atoms with E-state index in [-0.39, 0.29) is 11.5 Å². The van der Waals surface area contributed by atoms with E-state index in [0.717, 1.165) is 11.3 Å². The molecule has 0 bridgehead atoms. The lowest BCUT2D eigenvalue weighted by molar-refractivity contribution is -0.115. The molecule has 0 spiro atoms. The van der Waals surface area contributed by atoms with Gasteiger partial charge in [0.2, 0.25) is 5.91 Å². The summed E-state index contributed by atoms with van der Waals surface area (Å²) in [4.78, 5) is 35.3. The maximum absolute atomic E-state index is 13.2. The number of carbonyl (C=O) groups excluding carboxylic acids is 1. The highest BCUT2D eigenvalue weighted by Gasteiger charge is 2.20. The molecule has 1 unspecified atom stereocenters. The second-order valence-corrected chi connectivity index (χ2v) is 9.74. The number of thioether (sulfide) groups is 1. The van der Waals surface area contributed by atoms with Crippen molar-refractivity contribution in [1.29, 1.82) is 0 Å². The van der Waals surface area contributed by atoms with Crippen molar-refractivity contribution < 1.29 is 9.53 Å². The van der Waals surface area contributed by atoms with Crippen LogP contribution in [0.1, 0.15) is 20.3 Å². The summed E-state index contributed by atoms with van der Waals surface area (Å²) < 4.78 is 7.08. The van der Waals surface area contributed by atoms with Gasteiger partial charge in [-0.05, 0) is 32.4 Å². The molecule has 0 fully saturated rings. The lowest BCUT2D eigenvalue weighted by Crippen LogP contribution is -2.27. The number of thiazole rings is 1. The Labute approximate surface area is 206 Å². The lowest BCUT2D eigenvalue weighted by atomic mass is 10.2. The predicted molar refractivity (Wildman–Crippen MR) is 139 cm³/mol. The molecule has 0 aliphatic rings. The zero-order chi connectivity index (χ0) is 23.9. The zero-order valence-electron chi connectivity index (χ0n) is 19.1. The minimum Gasteiger partial charge on any atom is -0.382 e. The van der Waals surface area contributed by atoms with Crippen molar-refractivity contribution in [2.75, 3.05) is 18.5 Å². The summed E-state index contributed by atoms with van der Waals surface area (Å²) in [6, 6.07) is 17.1. The van der Waals surface area contributed by atoms with E-state index in [1.807, 2.05) is 60.8 Å². The van der Waals surface area contributed by atoms with Gasteiger partial charge in [0.05, 0.1) is 21.8 Å². The number of amides is 1. The van der Waals surface area contributed by atoms with E-state index >= 15 is 0 Å². The van der Waals surface area contributed by atoms with Crippen LogP contribution < -0.4 is 10.9 Å². The number of nitrogens with one attached hydrogen (secondary N) is 1. The zero-order valence-corrected chi connectivity index (χ0v) is 20.7. The average molecular weight is 495 g/mol. The molecule has 0 aliphatic heterocycles. The first-order valence-electron chi connectivity index (χ1n) is 11.1. The Balaban J connectivity index is 1.51. The summed E-state index contributed by atoms with van der Waals surface area (Å²) in [7, 11) is 0. The summed E-state index contributed by atoms with van der Waals surface area (Å²) >= 11 is 2.65. The van der Waals surface area contributed by atoms with Gasteiger partial charge in [-0.3, -0.25) is 14.2 Å². The second kappa shape index (κ2) is 11.4. The molecule has 0 saturated heterocycles. The lowest BCUT2D eigenvalue weighted by Gasteiger charge is -2.16. The third-order valence-electron chi connectivity index (χ3n) is 5.16. The summed E-state index contributed by atoms with van der Waals surface area (Å²) in [5.74, 6) is -0.192. The molecule has 7 nitrogen and oxygen atoms in total. The fraction of sp³-hybridized carbons (Fsp3) is 0.280. The number of aromatic nitrogens is 3. The molecular weight excluding hydrogens is 468 g/mol. The molecule has 0 radical (unpaired) electrons. The van der Waals surface area contributed by atoms with Crippen molar-refractivity contribution in [2.45, 2.75) is 37.2 Å². The Bertz CT molecular complexity index is 1320. The first-order valence-corrected chi connectivity index (χ1v) is 12.9. The van der Waals surface area contributed by atoms with Crippen LogP contribution in [-0.2, 0) is 16.1 Å². The van der Waals surface area contributed by atoms with Crippen LogP contribution in [0.4, 0.5) is 5.13 Å².